The van der Waals surface area contributed by atoms with E-state index in [2.05, 4.69) is 25.5 Å². The molecule has 26 heavy (non-hydrogen) atoms. The molecule has 134 valence electrons. The second-order valence-electron chi connectivity index (χ2n) is 6.47. The van der Waals surface area contributed by atoms with E-state index in [0.29, 0.717) is 5.69 Å². The fourth-order valence-corrected chi connectivity index (χ4v) is 3.20. The van der Waals surface area contributed by atoms with Gasteiger partial charge in [-0.05, 0) is 56.2 Å². The molecule has 1 aliphatic heterocycles. The van der Waals surface area contributed by atoms with Gasteiger partial charge in [0, 0.05) is 24.7 Å². The zero-order valence-corrected chi connectivity index (χ0v) is 14.4. The molecular weight excluding hydrogens is 335 g/mol. The Bertz CT molecular complexity index is 931. The first-order valence-electron chi connectivity index (χ1n) is 8.60. The summed E-state index contributed by atoms with van der Waals surface area (Å²) in [5.41, 5.74) is 1.34. The first kappa shape index (κ1) is 16.4. The number of carbonyl (C=O) groups is 1. The zero-order chi connectivity index (χ0) is 18.1. The van der Waals surface area contributed by atoms with Gasteiger partial charge in [-0.2, -0.15) is 4.52 Å². The molecule has 1 fully saturated rings. The summed E-state index contributed by atoms with van der Waals surface area (Å²) in [7, 11) is 0. The molecule has 0 radical (unpaired) electrons. The van der Waals surface area contributed by atoms with Crippen LogP contribution >= 0.6 is 0 Å². The van der Waals surface area contributed by atoms with Crippen LogP contribution in [0.15, 0.2) is 36.4 Å². The van der Waals surface area contributed by atoms with Gasteiger partial charge in [0.15, 0.2) is 11.5 Å². The van der Waals surface area contributed by atoms with E-state index >= 15 is 0 Å². The number of rotatable bonds is 3. The monoisotopic (exact) mass is 354 g/mol. The number of fused-ring (bicyclic) bond motifs is 1. The third kappa shape index (κ3) is 3.22. The molecule has 1 aliphatic rings. The molecule has 0 saturated carbocycles. The average molecular weight is 354 g/mol. The van der Waals surface area contributed by atoms with Crippen molar-refractivity contribution in [2.24, 2.45) is 5.92 Å². The smallest absolute Gasteiger partial charge is 0.227 e. The van der Waals surface area contributed by atoms with Crippen molar-refractivity contribution in [1.29, 1.82) is 0 Å². The highest BCUT2D eigenvalue weighted by Crippen LogP contribution is 2.23. The van der Waals surface area contributed by atoms with E-state index in [1.165, 1.54) is 12.1 Å². The number of nitrogens with one attached hydrogen (secondary N) is 1. The first-order chi connectivity index (χ1) is 12.6. The van der Waals surface area contributed by atoms with Crippen LogP contribution in [0.2, 0.25) is 0 Å². The number of aromatic nitrogens is 4. The van der Waals surface area contributed by atoms with Crippen LogP contribution < -0.4 is 10.2 Å². The van der Waals surface area contributed by atoms with Gasteiger partial charge in [0.05, 0.1) is 0 Å². The van der Waals surface area contributed by atoms with Gasteiger partial charge in [-0.15, -0.1) is 15.3 Å². The van der Waals surface area contributed by atoms with Crippen molar-refractivity contribution in [3.63, 3.8) is 0 Å². The molecule has 0 unspecified atom stereocenters. The molecule has 1 saturated heterocycles. The minimum absolute atomic E-state index is 0.0191. The number of benzene rings is 1. The van der Waals surface area contributed by atoms with Crippen molar-refractivity contribution >= 4 is 23.1 Å². The second-order valence-corrected chi connectivity index (χ2v) is 6.47. The molecule has 1 N–H and O–H groups in total. The second kappa shape index (κ2) is 6.70. The van der Waals surface area contributed by atoms with Crippen molar-refractivity contribution in [1.82, 2.24) is 19.8 Å². The number of halogens is 1. The highest BCUT2D eigenvalue weighted by molar-refractivity contribution is 5.92. The van der Waals surface area contributed by atoms with E-state index < -0.39 is 0 Å². The Morgan fingerprint density at radius 1 is 1.12 bits per heavy atom. The Morgan fingerprint density at radius 3 is 2.58 bits per heavy atom. The van der Waals surface area contributed by atoms with Crippen LogP contribution in [0.25, 0.3) is 5.65 Å². The number of anilines is 2. The minimum Gasteiger partial charge on any atom is -0.355 e. The van der Waals surface area contributed by atoms with Gasteiger partial charge < -0.3 is 10.2 Å². The summed E-state index contributed by atoms with van der Waals surface area (Å²) in [6.45, 7) is 3.37. The lowest BCUT2D eigenvalue weighted by Gasteiger charge is -2.32. The molecule has 2 aromatic heterocycles. The van der Waals surface area contributed by atoms with Gasteiger partial charge in [-0.1, -0.05) is 0 Å². The maximum absolute atomic E-state index is 13.0. The maximum Gasteiger partial charge on any atom is 0.227 e. The van der Waals surface area contributed by atoms with Crippen LogP contribution in [0.3, 0.4) is 0 Å². The van der Waals surface area contributed by atoms with Gasteiger partial charge in [0.1, 0.15) is 11.6 Å². The molecule has 0 bridgehead atoms. The van der Waals surface area contributed by atoms with E-state index in [9.17, 15) is 9.18 Å². The molecule has 3 heterocycles. The summed E-state index contributed by atoms with van der Waals surface area (Å²) < 4.78 is 14.7. The third-order valence-electron chi connectivity index (χ3n) is 4.71. The van der Waals surface area contributed by atoms with Crippen molar-refractivity contribution in [2.75, 3.05) is 23.3 Å². The zero-order valence-electron chi connectivity index (χ0n) is 14.4. The van der Waals surface area contributed by atoms with Gasteiger partial charge in [0.2, 0.25) is 5.91 Å². The van der Waals surface area contributed by atoms with Gasteiger partial charge >= 0.3 is 0 Å². The van der Waals surface area contributed by atoms with Crippen molar-refractivity contribution in [3.05, 3.63) is 48.0 Å². The predicted octanol–water partition coefficient (Wildman–Crippen LogP) is 2.43. The molecule has 1 aromatic carbocycles. The summed E-state index contributed by atoms with van der Waals surface area (Å²) in [5.74, 6) is 1.21. The number of nitrogens with zero attached hydrogens (tertiary/aromatic N) is 5. The molecule has 3 aromatic rings. The Balaban J connectivity index is 1.39. The Hall–Kier alpha value is -3.03. The van der Waals surface area contributed by atoms with E-state index in [1.54, 1.807) is 16.6 Å². The average Bonchev–Trinajstić information content (AvgIpc) is 3.04. The predicted molar refractivity (Wildman–Crippen MR) is 95.5 cm³/mol. The normalized spacial score (nSPS) is 15.4. The van der Waals surface area contributed by atoms with Gasteiger partial charge in [-0.25, -0.2) is 4.39 Å². The summed E-state index contributed by atoms with van der Waals surface area (Å²) in [5, 5.41) is 15.5. The largest absolute Gasteiger partial charge is 0.355 e. The van der Waals surface area contributed by atoms with Crippen molar-refractivity contribution in [2.45, 2.75) is 19.8 Å². The summed E-state index contributed by atoms with van der Waals surface area (Å²) in [4.78, 5) is 14.6. The Morgan fingerprint density at radius 2 is 1.85 bits per heavy atom. The van der Waals surface area contributed by atoms with Crippen molar-refractivity contribution < 1.29 is 9.18 Å². The molecule has 7 nitrogen and oxygen atoms in total. The van der Waals surface area contributed by atoms with Crippen LogP contribution in [-0.4, -0.2) is 38.8 Å². The minimum atomic E-state index is -0.316. The van der Waals surface area contributed by atoms with Crippen LogP contribution in [0.1, 0.15) is 18.7 Å². The third-order valence-corrected chi connectivity index (χ3v) is 4.71. The maximum atomic E-state index is 13.0. The Labute approximate surface area is 149 Å². The molecular formula is C18H19FN6O. The van der Waals surface area contributed by atoms with Crippen LogP contribution in [0.5, 0.6) is 0 Å². The van der Waals surface area contributed by atoms with E-state index in [0.717, 1.165) is 43.2 Å². The highest BCUT2D eigenvalue weighted by atomic mass is 19.1. The molecule has 0 atom stereocenters. The fourth-order valence-electron chi connectivity index (χ4n) is 3.20. The van der Waals surface area contributed by atoms with Crippen LogP contribution in [0.4, 0.5) is 15.9 Å². The van der Waals surface area contributed by atoms with E-state index in [1.807, 2.05) is 19.1 Å². The summed E-state index contributed by atoms with van der Waals surface area (Å²) in [6, 6.07) is 9.66. The summed E-state index contributed by atoms with van der Waals surface area (Å²) in [6.07, 6.45) is 1.49. The molecule has 4 rings (SSSR count). The van der Waals surface area contributed by atoms with Gasteiger partial charge in [-0.3, -0.25) is 4.79 Å². The number of amides is 1. The fraction of sp³-hybridized carbons (Fsp3) is 0.333. The molecule has 8 heteroatoms. The number of carbonyl (C=O) groups excluding carboxylic acids is 1. The lowest BCUT2D eigenvalue weighted by atomic mass is 9.96. The highest BCUT2D eigenvalue weighted by Gasteiger charge is 2.26. The lowest BCUT2D eigenvalue weighted by Crippen LogP contribution is -2.38. The SMILES string of the molecule is Cc1nnc2ccc(N3CCC(C(=O)Nc4ccc(F)cc4)CC3)nn12. The number of piperidine rings is 1. The molecule has 0 aliphatic carbocycles. The number of hydrogen-bond acceptors (Lipinski definition) is 5. The standard InChI is InChI=1S/C18H19FN6O/c1-12-21-22-16-6-7-17(23-25(12)16)24-10-8-13(9-11-24)18(26)20-15-4-2-14(19)3-5-15/h2-7,13H,8-11H2,1H3,(H,20,26). The molecule has 1 amide bonds. The van der Waals surface area contributed by atoms with E-state index in [4.69, 9.17) is 0 Å². The lowest BCUT2D eigenvalue weighted by molar-refractivity contribution is -0.120. The first-order valence-corrected chi connectivity index (χ1v) is 8.60. The summed E-state index contributed by atoms with van der Waals surface area (Å²) >= 11 is 0. The number of aryl methyl sites for hydroxylation is 1. The van der Waals surface area contributed by atoms with Gasteiger partial charge in [0.25, 0.3) is 0 Å². The van der Waals surface area contributed by atoms with E-state index in [-0.39, 0.29) is 17.6 Å². The van der Waals surface area contributed by atoms with Crippen LogP contribution in [0, 0.1) is 18.7 Å². The quantitative estimate of drug-likeness (QED) is 0.782. The Kier molecular flexibility index (Phi) is 4.24. The number of hydrogen-bond donors (Lipinski definition) is 1. The topological polar surface area (TPSA) is 75.4 Å². The van der Waals surface area contributed by atoms with Crippen LogP contribution in [-0.2, 0) is 4.79 Å². The molecule has 0 spiro atoms. The van der Waals surface area contributed by atoms with Crippen molar-refractivity contribution in [3.8, 4) is 0 Å².